The number of aliphatic carboxylic acids is 1. The van der Waals surface area contributed by atoms with Crippen LogP contribution >= 0.6 is 11.8 Å². The van der Waals surface area contributed by atoms with E-state index in [1.54, 1.807) is 11.8 Å². The maximum absolute atomic E-state index is 11.9. The first-order valence-electron chi connectivity index (χ1n) is 5.41. The quantitative estimate of drug-likeness (QED) is 0.752. The summed E-state index contributed by atoms with van der Waals surface area (Å²) in [6.45, 7) is 2.50. The highest BCUT2D eigenvalue weighted by molar-refractivity contribution is 7.99. The molecule has 0 bridgehead atoms. The molecule has 16 heavy (non-hydrogen) atoms. The van der Waals surface area contributed by atoms with Crippen molar-refractivity contribution < 1.29 is 14.7 Å². The van der Waals surface area contributed by atoms with Gasteiger partial charge in [-0.15, -0.1) is 0 Å². The maximum Gasteiger partial charge on any atom is 0.327 e. The van der Waals surface area contributed by atoms with Crippen molar-refractivity contribution in [2.45, 2.75) is 31.3 Å². The number of carboxylic acids is 1. The minimum absolute atomic E-state index is 0.0925. The van der Waals surface area contributed by atoms with Crippen molar-refractivity contribution in [1.82, 2.24) is 10.2 Å². The molecule has 2 N–H and O–H groups in total. The molecular formula is C10H16N2O3S. The lowest BCUT2D eigenvalue weighted by Gasteiger charge is -2.33. The lowest BCUT2D eigenvalue weighted by atomic mass is 10.2. The number of thioether (sulfide) groups is 1. The molecule has 0 aromatic heterocycles. The van der Waals surface area contributed by atoms with E-state index in [9.17, 15) is 9.59 Å². The molecule has 2 rings (SSSR count). The van der Waals surface area contributed by atoms with Crippen molar-refractivity contribution in [3.8, 4) is 0 Å². The van der Waals surface area contributed by atoms with Crippen molar-refractivity contribution >= 4 is 23.8 Å². The zero-order chi connectivity index (χ0) is 11.8. The van der Waals surface area contributed by atoms with Gasteiger partial charge in [0.15, 0.2) is 0 Å². The van der Waals surface area contributed by atoms with Gasteiger partial charge in [-0.1, -0.05) is 0 Å². The molecule has 1 saturated carbocycles. The molecule has 0 spiro atoms. The van der Waals surface area contributed by atoms with Crippen LogP contribution in [0.3, 0.4) is 0 Å². The molecule has 1 aliphatic heterocycles. The molecule has 90 valence electrons. The molecule has 0 radical (unpaired) electrons. The minimum Gasteiger partial charge on any atom is -0.480 e. The fourth-order valence-electron chi connectivity index (χ4n) is 1.69. The maximum atomic E-state index is 11.9. The van der Waals surface area contributed by atoms with E-state index >= 15 is 0 Å². The van der Waals surface area contributed by atoms with Crippen molar-refractivity contribution in [2.24, 2.45) is 0 Å². The lowest BCUT2D eigenvalue weighted by molar-refractivity contribution is -0.141. The van der Waals surface area contributed by atoms with E-state index in [1.807, 2.05) is 6.92 Å². The Kier molecular flexibility index (Phi) is 3.01. The first kappa shape index (κ1) is 11.6. The number of rotatable bonds is 2. The predicted octanol–water partition coefficient (Wildman–Crippen LogP) is 0.750. The zero-order valence-electron chi connectivity index (χ0n) is 9.23. The second-order valence-corrected chi connectivity index (χ2v) is 5.76. The van der Waals surface area contributed by atoms with Gasteiger partial charge in [0.25, 0.3) is 0 Å². The predicted molar refractivity (Wildman–Crippen MR) is 61.6 cm³/mol. The van der Waals surface area contributed by atoms with E-state index < -0.39 is 12.0 Å². The van der Waals surface area contributed by atoms with E-state index in [-0.39, 0.29) is 11.6 Å². The first-order chi connectivity index (χ1) is 7.52. The highest BCUT2D eigenvalue weighted by atomic mass is 32.2. The van der Waals surface area contributed by atoms with E-state index in [0.717, 1.165) is 18.6 Å². The lowest BCUT2D eigenvalue weighted by Crippen LogP contribution is -2.55. The molecular weight excluding hydrogens is 228 g/mol. The van der Waals surface area contributed by atoms with Crippen LogP contribution in [-0.4, -0.2) is 51.6 Å². The van der Waals surface area contributed by atoms with Crippen LogP contribution in [0.4, 0.5) is 4.79 Å². The van der Waals surface area contributed by atoms with Gasteiger partial charge in [0.05, 0.1) is 0 Å². The van der Waals surface area contributed by atoms with Gasteiger partial charge in [0, 0.05) is 23.6 Å². The SMILES string of the molecule is CC1(NC(=O)N2CCSCC2C(=O)O)CC1. The number of carboxylic acid groups (broad SMARTS) is 1. The van der Waals surface area contributed by atoms with Crippen LogP contribution in [0.1, 0.15) is 19.8 Å². The van der Waals surface area contributed by atoms with Crippen LogP contribution in [0.5, 0.6) is 0 Å². The second-order valence-electron chi connectivity index (χ2n) is 4.61. The molecule has 0 aromatic carbocycles. The number of carbonyl (C=O) groups excluding carboxylic acids is 1. The fourth-order valence-corrected chi connectivity index (χ4v) is 2.73. The molecule has 1 aliphatic carbocycles. The molecule has 1 heterocycles. The second kappa shape index (κ2) is 4.16. The summed E-state index contributed by atoms with van der Waals surface area (Å²) in [5.74, 6) is 0.385. The molecule has 2 amide bonds. The van der Waals surface area contributed by atoms with Crippen molar-refractivity contribution in [2.75, 3.05) is 18.1 Å². The van der Waals surface area contributed by atoms with Crippen molar-refractivity contribution in [1.29, 1.82) is 0 Å². The Balaban J connectivity index is 1.99. The van der Waals surface area contributed by atoms with Crippen LogP contribution in [0, 0.1) is 0 Å². The molecule has 5 nitrogen and oxygen atoms in total. The summed E-state index contributed by atoms with van der Waals surface area (Å²) in [5.41, 5.74) is -0.0925. The van der Waals surface area contributed by atoms with E-state index in [0.29, 0.717) is 12.3 Å². The standard InChI is InChI=1S/C10H16N2O3S/c1-10(2-3-10)11-9(15)12-4-5-16-6-7(12)8(13)14/h7H,2-6H2,1H3,(H,11,15)(H,13,14). The van der Waals surface area contributed by atoms with Gasteiger partial charge >= 0.3 is 12.0 Å². The van der Waals surface area contributed by atoms with Crippen LogP contribution in [0.25, 0.3) is 0 Å². The molecule has 0 aromatic rings. The molecule has 1 saturated heterocycles. The Hall–Kier alpha value is -0.910. The number of hydrogen-bond acceptors (Lipinski definition) is 3. The highest BCUT2D eigenvalue weighted by Gasteiger charge is 2.41. The summed E-state index contributed by atoms with van der Waals surface area (Å²) in [4.78, 5) is 24.4. The fraction of sp³-hybridized carbons (Fsp3) is 0.800. The highest BCUT2D eigenvalue weighted by Crippen LogP contribution is 2.34. The van der Waals surface area contributed by atoms with Gasteiger partial charge in [-0.3, -0.25) is 0 Å². The van der Waals surface area contributed by atoms with E-state index in [2.05, 4.69) is 5.32 Å². The van der Waals surface area contributed by atoms with Gasteiger partial charge in [-0.25, -0.2) is 9.59 Å². The molecule has 2 aliphatic rings. The van der Waals surface area contributed by atoms with Gasteiger partial charge in [-0.2, -0.15) is 11.8 Å². The monoisotopic (exact) mass is 244 g/mol. The summed E-state index contributed by atoms with van der Waals surface area (Å²) in [6, 6.07) is -0.909. The molecule has 1 atom stereocenters. The number of urea groups is 1. The normalized spacial score (nSPS) is 27.3. The van der Waals surface area contributed by atoms with Crippen molar-refractivity contribution in [3.63, 3.8) is 0 Å². The Morgan fingerprint density at radius 3 is 2.75 bits per heavy atom. The third-order valence-electron chi connectivity index (χ3n) is 3.08. The van der Waals surface area contributed by atoms with Crippen LogP contribution in [0.15, 0.2) is 0 Å². The Bertz CT molecular complexity index is 317. The van der Waals surface area contributed by atoms with Gasteiger partial charge in [0.2, 0.25) is 0 Å². The van der Waals surface area contributed by atoms with E-state index in [1.165, 1.54) is 4.90 Å². The topological polar surface area (TPSA) is 69.6 Å². The minimum atomic E-state index is -0.914. The summed E-state index contributed by atoms with van der Waals surface area (Å²) in [5, 5.41) is 11.9. The Labute approximate surface area is 98.6 Å². The average molecular weight is 244 g/mol. The number of amides is 2. The number of carbonyl (C=O) groups is 2. The largest absolute Gasteiger partial charge is 0.480 e. The van der Waals surface area contributed by atoms with Gasteiger partial charge in [0.1, 0.15) is 6.04 Å². The smallest absolute Gasteiger partial charge is 0.327 e. The third kappa shape index (κ3) is 2.42. The third-order valence-corrected chi connectivity index (χ3v) is 4.11. The van der Waals surface area contributed by atoms with Gasteiger partial charge < -0.3 is 15.3 Å². The first-order valence-corrected chi connectivity index (χ1v) is 6.57. The average Bonchev–Trinajstić information content (AvgIpc) is 2.96. The summed E-state index contributed by atoms with van der Waals surface area (Å²) >= 11 is 1.58. The zero-order valence-corrected chi connectivity index (χ0v) is 10.0. The van der Waals surface area contributed by atoms with Crippen molar-refractivity contribution in [3.05, 3.63) is 0 Å². The summed E-state index contributed by atoms with van der Waals surface area (Å²) in [7, 11) is 0. The van der Waals surface area contributed by atoms with Crippen LogP contribution in [0.2, 0.25) is 0 Å². The summed E-state index contributed by atoms with van der Waals surface area (Å²) in [6.07, 6.45) is 1.97. The molecule has 1 unspecified atom stereocenters. The number of nitrogens with one attached hydrogen (secondary N) is 1. The Morgan fingerprint density at radius 2 is 2.19 bits per heavy atom. The Morgan fingerprint density at radius 1 is 1.50 bits per heavy atom. The molecule has 6 heteroatoms. The molecule has 2 fully saturated rings. The van der Waals surface area contributed by atoms with Crippen LogP contribution in [-0.2, 0) is 4.79 Å². The van der Waals surface area contributed by atoms with E-state index in [4.69, 9.17) is 5.11 Å². The number of nitrogens with zero attached hydrogens (tertiary/aromatic N) is 1. The summed E-state index contributed by atoms with van der Waals surface area (Å²) < 4.78 is 0. The van der Waals surface area contributed by atoms with Crippen LogP contribution < -0.4 is 5.32 Å². The van der Waals surface area contributed by atoms with Gasteiger partial charge in [-0.05, 0) is 19.8 Å². The number of hydrogen-bond donors (Lipinski definition) is 2.